The van der Waals surface area contributed by atoms with Crippen LogP contribution in [-0.4, -0.2) is 20.6 Å². The van der Waals surface area contributed by atoms with Gasteiger partial charge in [-0.15, -0.1) is 11.3 Å². The van der Waals surface area contributed by atoms with E-state index < -0.39 is 23.3 Å². The van der Waals surface area contributed by atoms with Gasteiger partial charge in [0.25, 0.3) is 5.56 Å². The summed E-state index contributed by atoms with van der Waals surface area (Å²) in [6.45, 7) is 0. The lowest BCUT2D eigenvalue weighted by atomic mass is 10.2. The van der Waals surface area contributed by atoms with Crippen molar-refractivity contribution < 1.29 is 9.90 Å². The monoisotopic (exact) mass is 252 g/mol. The summed E-state index contributed by atoms with van der Waals surface area (Å²) in [6.07, 6.45) is 1.18. The molecule has 0 unspecified atom stereocenters. The quantitative estimate of drug-likeness (QED) is 0.820. The maximum Gasteiger partial charge on any atom is 0.332 e. The predicted molar refractivity (Wildman–Crippen MR) is 61.4 cm³/mol. The summed E-state index contributed by atoms with van der Waals surface area (Å²) in [7, 11) is 0. The van der Waals surface area contributed by atoms with E-state index in [9.17, 15) is 14.4 Å². The van der Waals surface area contributed by atoms with Crippen LogP contribution in [-0.2, 0) is 4.79 Å². The molecule has 2 aromatic heterocycles. The van der Waals surface area contributed by atoms with Gasteiger partial charge in [0.05, 0.1) is 0 Å². The number of carboxylic acid groups (broad SMARTS) is 1. The van der Waals surface area contributed by atoms with Crippen LogP contribution in [0.15, 0.2) is 39.4 Å². The second kappa shape index (κ2) is 4.38. The van der Waals surface area contributed by atoms with Crippen molar-refractivity contribution in [2.24, 2.45) is 0 Å². The normalized spacial score (nSPS) is 12.2. The Morgan fingerprint density at radius 2 is 2.18 bits per heavy atom. The first-order chi connectivity index (χ1) is 8.09. The molecule has 0 saturated carbocycles. The summed E-state index contributed by atoms with van der Waals surface area (Å²) < 4.78 is 0.982. The van der Waals surface area contributed by atoms with Crippen LogP contribution in [0.4, 0.5) is 0 Å². The molecule has 1 atom stereocenters. The number of rotatable bonds is 3. The highest BCUT2D eigenvalue weighted by molar-refractivity contribution is 7.10. The molecular weight excluding hydrogens is 244 g/mol. The Hall–Kier alpha value is -2.15. The molecule has 2 N–H and O–H groups in total. The van der Waals surface area contributed by atoms with Crippen LogP contribution >= 0.6 is 11.3 Å². The van der Waals surface area contributed by atoms with Crippen molar-refractivity contribution in [1.29, 1.82) is 0 Å². The number of aromatic nitrogens is 2. The van der Waals surface area contributed by atoms with Crippen molar-refractivity contribution in [1.82, 2.24) is 9.55 Å². The molecule has 7 heteroatoms. The second-order valence-corrected chi connectivity index (χ2v) is 4.25. The third-order valence-corrected chi connectivity index (χ3v) is 3.10. The summed E-state index contributed by atoms with van der Waals surface area (Å²) in [5, 5.41) is 10.9. The second-order valence-electron chi connectivity index (χ2n) is 3.27. The summed E-state index contributed by atoms with van der Waals surface area (Å²) in [6, 6.07) is 3.33. The molecule has 0 aliphatic rings. The minimum atomic E-state index is -1.15. The number of carboxylic acids is 1. The minimum Gasteiger partial charge on any atom is -0.479 e. The molecule has 0 radical (unpaired) electrons. The van der Waals surface area contributed by atoms with Gasteiger partial charge in [0, 0.05) is 17.1 Å². The summed E-state index contributed by atoms with van der Waals surface area (Å²) in [5.74, 6) is -1.15. The Kier molecular flexibility index (Phi) is 2.92. The van der Waals surface area contributed by atoms with Gasteiger partial charge in [-0.05, 0) is 11.4 Å². The number of thiophene rings is 1. The van der Waals surface area contributed by atoms with Gasteiger partial charge in [-0.3, -0.25) is 14.3 Å². The van der Waals surface area contributed by atoms with Crippen LogP contribution in [0.1, 0.15) is 10.9 Å². The molecule has 0 spiro atoms. The SMILES string of the molecule is O=C(O)[C@H](c1cccs1)n1ccc(=O)[nH]c1=O. The van der Waals surface area contributed by atoms with Crippen molar-refractivity contribution in [2.45, 2.75) is 6.04 Å². The minimum absolute atomic E-state index is 0.520. The Labute approximate surface area is 98.8 Å². The number of H-pyrrole nitrogens is 1. The summed E-state index contributed by atoms with van der Waals surface area (Å²) in [5.41, 5.74) is -1.29. The molecule has 0 fully saturated rings. The smallest absolute Gasteiger partial charge is 0.332 e. The largest absolute Gasteiger partial charge is 0.479 e. The number of nitrogens with one attached hydrogen (secondary N) is 1. The molecule has 6 nitrogen and oxygen atoms in total. The van der Waals surface area contributed by atoms with Crippen LogP contribution in [0.25, 0.3) is 0 Å². The zero-order chi connectivity index (χ0) is 12.4. The Balaban J connectivity index is 2.58. The molecular formula is C10H8N2O4S. The molecule has 2 rings (SSSR count). The third kappa shape index (κ3) is 2.18. The molecule has 0 aliphatic carbocycles. The molecule has 0 bridgehead atoms. The van der Waals surface area contributed by atoms with Crippen molar-refractivity contribution in [3.05, 3.63) is 55.5 Å². The van der Waals surface area contributed by atoms with E-state index in [2.05, 4.69) is 0 Å². The third-order valence-electron chi connectivity index (χ3n) is 2.18. The lowest BCUT2D eigenvalue weighted by Crippen LogP contribution is -2.34. The lowest BCUT2D eigenvalue weighted by molar-refractivity contribution is -0.139. The standard InChI is InChI=1S/C10H8N2O4S/c13-7-3-4-12(10(16)11-7)8(9(14)15)6-2-1-5-17-6/h1-5,8H,(H,14,15)(H,11,13,16)/t8-/m0/s1. The molecule has 17 heavy (non-hydrogen) atoms. The van der Waals surface area contributed by atoms with Gasteiger partial charge in [0.2, 0.25) is 0 Å². The molecule has 0 amide bonds. The van der Waals surface area contributed by atoms with Crippen molar-refractivity contribution in [2.75, 3.05) is 0 Å². The first kappa shape index (κ1) is 11.3. The predicted octanol–water partition coefficient (Wildman–Crippen LogP) is 0.272. The number of hydrogen-bond acceptors (Lipinski definition) is 4. The Bertz CT molecular complexity index is 641. The molecule has 2 heterocycles. The average molecular weight is 252 g/mol. The lowest BCUT2D eigenvalue weighted by Gasteiger charge is -2.12. The van der Waals surface area contributed by atoms with Crippen molar-refractivity contribution >= 4 is 17.3 Å². The van der Waals surface area contributed by atoms with E-state index in [0.29, 0.717) is 4.88 Å². The van der Waals surface area contributed by atoms with E-state index in [-0.39, 0.29) is 0 Å². The first-order valence-corrected chi connectivity index (χ1v) is 5.55. The van der Waals surface area contributed by atoms with Crippen molar-refractivity contribution in [3.63, 3.8) is 0 Å². The Morgan fingerprint density at radius 3 is 2.71 bits per heavy atom. The van der Waals surface area contributed by atoms with E-state index >= 15 is 0 Å². The van der Waals surface area contributed by atoms with Gasteiger partial charge in [-0.2, -0.15) is 0 Å². The average Bonchev–Trinajstić information content (AvgIpc) is 2.74. The zero-order valence-corrected chi connectivity index (χ0v) is 9.31. The van der Waals surface area contributed by atoms with E-state index in [1.165, 1.54) is 17.5 Å². The van der Waals surface area contributed by atoms with Crippen molar-refractivity contribution in [3.8, 4) is 0 Å². The highest BCUT2D eigenvalue weighted by Crippen LogP contribution is 2.21. The highest BCUT2D eigenvalue weighted by atomic mass is 32.1. The highest BCUT2D eigenvalue weighted by Gasteiger charge is 2.23. The van der Waals surface area contributed by atoms with Crippen LogP contribution in [0.5, 0.6) is 0 Å². The molecule has 2 aromatic rings. The number of aliphatic carboxylic acids is 1. The van der Waals surface area contributed by atoms with Gasteiger partial charge in [-0.25, -0.2) is 9.59 Å². The number of carbonyl (C=O) groups is 1. The van der Waals surface area contributed by atoms with E-state index in [0.717, 1.165) is 10.6 Å². The van der Waals surface area contributed by atoms with Crippen LogP contribution in [0.2, 0.25) is 0 Å². The number of nitrogens with zero attached hydrogens (tertiary/aromatic N) is 1. The van der Waals surface area contributed by atoms with Crippen LogP contribution in [0.3, 0.4) is 0 Å². The topological polar surface area (TPSA) is 92.2 Å². The maximum absolute atomic E-state index is 11.5. The molecule has 88 valence electrons. The van der Waals surface area contributed by atoms with Gasteiger partial charge in [-0.1, -0.05) is 6.07 Å². The molecule has 0 aliphatic heterocycles. The fourth-order valence-electron chi connectivity index (χ4n) is 1.46. The maximum atomic E-state index is 11.5. The summed E-state index contributed by atoms with van der Waals surface area (Å²) >= 11 is 1.23. The van der Waals surface area contributed by atoms with Gasteiger partial charge in [0.15, 0.2) is 6.04 Å². The summed E-state index contributed by atoms with van der Waals surface area (Å²) in [4.78, 5) is 36.2. The zero-order valence-electron chi connectivity index (χ0n) is 8.49. The van der Waals surface area contributed by atoms with Crippen LogP contribution < -0.4 is 11.2 Å². The fraction of sp³-hybridized carbons (Fsp3) is 0.100. The van der Waals surface area contributed by atoms with Gasteiger partial charge in [0.1, 0.15) is 0 Å². The van der Waals surface area contributed by atoms with Crippen LogP contribution in [0, 0.1) is 0 Å². The Morgan fingerprint density at radius 1 is 1.41 bits per heavy atom. The van der Waals surface area contributed by atoms with E-state index in [4.69, 9.17) is 5.11 Å². The molecule has 0 aromatic carbocycles. The number of hydrogen-bond donors (Lipinski definition) is 2. The van der Waals surface area contributed by atoms with E-state index in [1.54, 1.807) is 17.5 Å². The molecule has 0 saturated heterocycles. The fourth-order valence-corrected chi connectivity index (χ4v) is 2.27. The van der Waals surface area contributed by atoms with Gasteiger partial charge >= 0.3 is 11.7 Å². The first-order valence-electron chi connectivity index (χ1n) is 4.67. The van der Waals surface area contributed by atoms with E-state index in [1.807, 2.05) is 4.98 Å². The number of aromatic amines is 1. The van der Waals surface area contributed by atoms with Gasteiger partial charge < -0.3 is 5.11 Å².